The second-order valence-electron chi connectivity index (χ2n) is 4.39. The molecule has 4 nitrogen and oxygen atoms in total. The van der Waals surface area contributed by atoms with Crippen molar-refractivity contribution in [3.63, 3.8) is 0 Å². The summed E-state index contributed by atoms with van der Waals surface area (Å²) in [5.41, 5.74) is 0. The molecular formula is C11H21NO3. The Morgan fingerprint density at radius 1 is 1.60 bits per heavy atom. The second-order valence-corrected chi connectivity index (χ2v) is 4.39. The first-order chi connectivity index (χ1) is 7.08. The van der Waals surface area contributed by atoms with E-state index in [2.05, 4.69) is 4.90 Å². The lowest BCUT2D eigenvalue weighted by molar-refractivity contribution is -0.147. The number of carbonyl (C=O) groups excluding carboxylic acids is 1. The summed E-state index contributed by atoms with van der Waals surface area (Å²) in [7, 11) is 0. The first kappa shape index (κ1) is 12.5. The van der Waals surface area contributed by atoms with Gasteiger partial charge < -0.3 is 14.7 Å². The van der Waals surface area contributed by atoms with Crippen molar-refractivity contribution in [1.82, 2.24) is 4.90 Å². The quantitative estimate of drug-likeness (QED) is 0.704. The molecular weight excluding hydrogens is 194 g/mol. The SMILES string of the molecule is CC(C)OC(=O)CCN1CCCC(O)C1. The van der Waals surface area contributed by atoms with E-state index in [1.54, 1.807) is 0 Å². The Bertz CT molecular complexity index is 206. The van der Waals surface area contributed by atoms with E-state index in [4.69, 9.17) is 4.74 Å². The summed E-state index contributed by atoms with van der Waals surface area (Å²) >= 11 is 0. The fraction of sp³-hybridized carbons (Fsp3) is 0.909. The van der Waals surface area contributed by atoms with Gasteiger partial charge in [0.05, 0.1) is 18.6 Å². The maximum Gasteiger partial charge on any atom is 0.307 e. The predicted octanol–water partition coefficient (Wildman–Crippen LogP) is 0.785. The Morgan fingerprint density at radius 2 is 2.33 bits per heavy atom. The van der Waals surface area contributed by atoms with Crippen molar-refractivity contribution in [3.05, 3.63) is 0 Å². The Kier molecular flexibility index (Phi) is 5.05. The number of likely N-dealkylation sites (tertiary alicyclic amines) is 1. The number of aliphatic hydroxyl groups is 1. The van der Waals surface area contributed by atoms with E-state index in [9.17, 15) is 9.90 Å². The van der Waals surface area contributed by atoms with Crippen LogP contribution in [0.5, 0.6) is 0 Å². The highest BCUT2D eigenvalue weighted by molar-refractivity contribution is 5.69. The maximum atomic E-state index is 11.3. The molecule has 1 aliphatic heterocycles. The zero-order chi connectivity index (χ0) is 11.3. The third-order valence-corrected chi connectivity index (χ3v) is 2.48. The van der Waals surface area contributed by atoms with Crippen molar-refractivity contribution < 1.29 is 14.6 Å². The lowest BCUT2D eigenvalue weighted by Crippen LogP contribution is -2.39. The molecule has 0 spiro atoms. The summed E-state index contributed by atoms with van der Waals surface area (Å²) in [4.78, 5) is 13.4. The molecule has 4 heteroatoms. The third kappa shape index (κ3) is 5.14. The fourth-order valence-corrected chi connectivity index (χ4v) is 1.81. The van der Waals surface area contributed by atoms with Crippen molar-refractivity contribution >= 4 is 5.97 Å². The van der Waals surface area contributed by atoms with Gasteiger partial charge in [-0.25, -0.2) is 0 Å². The van der Waals surface area contributed by atoms with Crippen molar-refractivity contribution in [2.45, 2.75) is 45.3 Å². The predicted molar refractivity (Wildman–Crippen MR) is 57.5 cm³/mol. The third-order valence-electron chi connectivity index (χ3n) is 2.48. The molecule has 0 radical (unpaired) electrons. The highest BCUT2D eigenvalue weighted by Crippen LogP contribution is 2.10. The van der Waals surface area contributed by atoms with E-state index >= 15 is 0 Å². The molecule has 0 saturated carbocycles. The fourth-order valence-electron chi connectivity index (χ4n) is 1.81. The van der Waals surface area contributed by atoms with Gasteiger partial charge in [0, 0.05) is 13.1 Å². The van der Waals surface area contributed by atoms with Crippen LogP contribution in [-0.2, 0) is 9.53 Å². The van der Waals surface area contributed by atoms with E-state index < -0.39 is 0 Å². The van der Waals surface area contributed by atoms with Crippen LogP contribution < -0.4 is 0 Å². The average Bonchev–Trinajstić information content (AvgIpc) is 2.14. The molecule has 15 heavy (non-hydrogen) atoms. The van der Waals surface area contributed by atoms with Crippen LogP contribution in [0.15, 0.2) is 0 Å². The number of hydrogen-bond donors (Lipinski definition) is 1. The largest absolute Gasteiger partial charge is 0.463 e. The normalized spacial score (nSPS) is 23.1. The highest BCUT2D eigenvalue weighted by atomic mass is 16.5. The lowest BCUT2D eigenvalue weighted by atomic mass is 10.1. The average molecular weight is 215 g/mol. The standard InChI is InChI=1S/C11H21NO3/c1-9(2)15-11(14)5-7-12-6-3-4-10(13)8-12/h9-10,13H,3-8H2,1-2H3. The Hall–Kier alpha value is -0.610. The Balaban J connectivity index is 2.16. The number of hydrogen-bond acceptors (Lipinski definition) is 4. The van der Waals surface area contributed by atoms with Crippen molar-refractivity contribution in [2.75, 3.05) is 19.6 Å². The molecule has 1 heterocycles. The van der Waals surface area contributed by atoms with Gasteiger partial charge in [0.2, 0.25) is 0 Å². The summed E-state index contributed by atoms with van der Waals surface area (Å²) in [6.45, 7) is 6.06. The van der Waals surface area contributed by atoms with Crippen molar-refractivity contribution in [1.29, 1.82) is 0 Å². The van der Waals surface area contributed by atoms with Crippen LogP contribution in [-0.4, -0.2) is 47.8 Å². The molecule has 1 fully saturated rings. The minimum atomic E-state index is -0.222. The number of esters is 1. The van der Waals surface area contributed by atoms with Gasteiger partial charge in [0.1, 0.15) is 0 Å². The molecule has 1 aliphatic rings. The van der Waals surface area contributed by atoms with E-state index in [0.717, 1.165) is 19.4 Å². The molecule has 0 aromatic heterocycles. The second kappa shape index (κ2) is 6.08. The molecule has 1 unspecified atom stereocenters. The molecule has 88 valence electrons. The molecule has 0 bridgehead atoms. The minimum absolute atomic E-state index is 0.0375. The van der Waals surface area contributed by atoms with Crippen LogP contribution in [0.3, 0.4) is 0 Å². The molecule has 1 atom stereocenters. The van der Waals surface area contributed by atoms with Gasteiger partial charge in [-0.15, -0.1) is 0 Å². The van der Waals surface area contributed by atoms with Crippen molar-refractivity contribution in [3.8, 4) is 0 Å². The monoisotopic (exact) mass is 215 g/mol. The van der Waals surface area contributed by atoms with Crippen LogP contribution in [0.25, 0.3) is 0 Å². The molecule has 0 aromatic rings. The van der Waals surface area contributed by atoms with Gasteiger partial charge in [-0.05, 0) is 33.2 Å². The molecule has 0 aromatic carbocycles. The summed E-state index contributed by atoms with van der Waals surface area (Å²) < 4.78 is 5.04. The molecule has 0 amide bonds. The Morgan fingerprint density at radius 3 is 2.93 bits per heavy atom. The lowest BCUT2D eigenvalue weighted by Gasteiger charge is -2.29. The number of carbonyl (C=O) groups is 1. The summed E-state index contributed by atoms with van der Waals surface area (Å²) in [5.74, 6) is -0.148. The summed E-state index contributed by atoms with van der Waals surface area (Å²) in [6, 6.07) is 0. The molecule has 1 rings (SSSR count). The zero-order valence-corrected chi connectivity index (χ0v) is 9.61. The first-order valence-electron chi connectivity index (χ1n) is 5.68. The first-order valence-corrected chi connectivity index (χ1v) is 5.68. The Labute approximate surface area is 91.2 Å². The zero-order valence-electron chi connectivity index (χ0n) is 9.61. The van der Waals surface area contributed by atoms with Gasteiger partial charge >= 0.3 is 5.97 Å². The minimum Gasteiger partial charge on any atom is -0.463 e. The molecule has 0 aliphatic carbocycles. The van der Waals surface area contributed by atoms with Gasteiger partial charge in [0.15, 0.2) is 0 Å². The number of rotatable bonds is 4. The van der Waals surface area contributed by atoms with E-state index in [1.165, 1.54) is 0 Å². The van der Waals surface area contributed by atoms with Gasteiger partial charge in [-0.2, -0.15) is 0 Å². The number of β-amino-alcohol motifs (C(OH)–C–C–N with tert-alkyl or cyclic N) is 1. The number of aliphatic hydroxyl groups excluding tert-OH is 1. The van der Waals surface area contributed by atoms with Crippen LogP contribution in [0, 0.1) is 0 Å². The number of piperidine rings is 1. The van der Waals surface area contributed by atoms with Gasteiger partial charge in [-0.1, -0.05) is 0 Å². The summed E-state index contributed by atoms with van der Waals surface area (Å²) in [6.07, 6.45) is 2.06. The van der Waals surface area contributed by atoms with E-state index in [-0.39, 0.29) is 18.2 Å². The van der Waals surface area contributed by atoms with Gasteiger partial charge in [0.25, 0.3) is 0 Å². The van der Waals surface area contributed by atoms with Crippen molar-refractivity contribution in [2.24, 2.45) is 0 Å². The maximum absolute atomic E-state index is 11.3. The molecule has 1 saturated heterocycles. The topological polar surface area (TPSA) is 49.8 Å². The van der Waals surface area contributed by atoms with Gasteiger partial charge in [-0.3, -0.25) is 4.79 Å². The van der Waals surface area contributed by atoms with Crippen LogP contribution >= 0.6 is 0 Å². The van der Waals surface area contributed by atoms with E-state index in [0.29, 0.717) is 19.5 Å². The van der Waals surface area contributed by atoms with E-state index in [1.807, 2.05) is 13.8 Å². The number of nitrogens with zero attached hydrogens (tertiary/aromatic N) is 1. The van der Waals surface area contributed by atoms with Crippen LogP contribution in [0.1, 0.15) is 33.1 Å². The molecule has 1 N–H and O–H groups in total. The smallest absolute Gasteiger partial charge is 0.307 e. The number of ether oxygens (including phenoxy) is 1. The summed E-state index contributed by atoms with van der Waals surface area (Å²) in [5, 5.41) is 9.43. The van der Waals surface area contributed by atoms with Crippen LogP contribution in [0.4, 0.5) is 0 Å². The van der Waals surface area contributed by atoms with Crippen LogP contribution in [0.2, 0.25) is 0 Å². The highest BCUT2D eigenvalue weighted by Gasteiger charge is 2.18.